The van der Waals surface area contributed by atoms with Crippen LogP contribution in [0.5, 0.6) is 0 Å². The smallest absolute Gasteiger partial charge is 0.335 e. The normalized spacial score (nSPS) is 17.1. The number of anilines is 1. The van der Waals surface area contributed by atoms with Gasteiger partial charge in [-0.3, -0.25) is 4.79 Å². The number of piperidine rings is 1. The van der Waals surface area contributed by atoms with Gasteiger partial charge in [0.25, 0.3) is 5.91 Å². The predicted octanol–water partition coefficient (Wildman–Crippen LogP) is 3.19. The van der Waals surface area contributed by atoms with Crippen molar-refractivity contribution in [2.75, 3.05) is 24.5 Å². The maximum atomic E-state index is 13.4. The summed E-state index contributed by atoms with van der Waals surface area (Å²) < 4.78 is 13.4. The van der Waals surface area contributed by atoms with Gasteiger partial charge in [-0.2, -0.15) is 0 Å². The lowest BCUT2D eigenvalue weighted by molar-refractivity contribution is 0.0697. The summed E-state index contributed by atoms with van der Waals surface area (Å²) in [5.74, 6) is -1.35. The van der Waals surface area contributed by atoms with Gasteiger partial charge >= 0.3 is 5.97 Å². The number of carbonyl (C=O) groups is 2. The third-order valence-corrected chi connectivity index (χ3v) is 5.52. The topological polar surface area (TPSA) is 60.9 Å². The fourth-order valence-electron chi connectivity index (χ4n) is 4.12. The molecule has 1 N–H and O–H groups in total. The average Bonchev–Trinajstić information content (AvgIpc) is 3.10. The summed E-state index contributed by atoms with van der Waals surface area (Å²) in [6.07, 6.45) is 2.55. The third-order valence-electron chi connectivity index (χ3n) is 5.52. The lowest BCUT2D eigenvalue weighted by atomic mass is 10.0. The van der Waals surface area contributed by atoms with Crippen LogP contribution in [0.4, 0.5) is 10.1 Å². The first-order chi connectivity index (χ1) is 13.0. The summed E-state index contributed by atoms with van der Waals surface area (Å²) >= 11 is 0. The highest BCUT2D eigenvalue weighted by Gasteiger charge is 2.31. The number of aromatic carboxylic acids is 1. The second-order valence-corrected chi connectivity index (χ2v) is 7.13. The van der Waals surface area contributed by atoms with E-state index in [0.29, 0.717) is 24.7 Å². The summed E-state index contributed by atoms with van der Waals surface area (Å²) in [4.78, 5) is 28.0. The van der Waals surface area contributed by atoms with Gasteiger partial charge in [0.15, 0.2) is 0 Å². The lowest BCUT2D eigenvalue weighted by Crippen LogP contribution is -2.46. The van der Waals surface area contributed by atoms with Gasteiger partial charge in [0.2, 0.25) is 0 Å². The SMILES string of the molecule is O=C(O)c1cccc(C(=O)N2CCC(N3CCc4cc(F)ccc43)CC2)c1. The number of carbonyl (C=O) groups excluding carboxylic acids is 1. The van der Waals surface area contributed by atoms with Crippen LogP contribution in [0.25, 0.3) is 0 Å². The molecule has 0 aliphatic carbocycles. The largest absolute Gasteiger partial charge is 0.478 e. The summed E-state index contributed by atoms with van der Waals surface area (Å²) in [6.45, 7) is 2.15. The molecule has 140 valence electrons. The van der Waals surface area contributed by atoms with E-state index in [1.165, 1.54) is 18.2 Å². The fraction of sp³-hybridized carbons (Fsp3) is 0.333. The Morgan fingerprint density at radius 1 is 1.00 bits per heavy atom. The number of nitrogens with zero attached hydrogens (tertiary/aromatic N) is 2. The van der Waals surface area contributed by atoms with E-state index in [4.69, 9.17) is 5.11 Å². The minimum absolute atomic E-state index is 0.122. The zero-order valence-corrected chi connectivity index (χ0v) is 14.9. The van der Waals surface area contributed by atoms with Gasteiger partial charge in [-0.15, -0.1) is 0 Å². The molecule has 5 nitrogen and oxygen atoms in total. The van der Waals surface area contributed by atoms with Crippen molar-refractivity contribution in [1.82, 2.24) is 4.90 Å². The van der Waals surface area contributed by atoms with Gasteiger partial charge in [0.05, 0.1) is 5.56 Å². The highest BCUT2D eigenvalue weighted by atomic mass is 19.1. The van der Waals surface area contributed by atoms with Crippen molar-refractivity contribution in [3.8, 4) is 0 Å². The molecule has 6 heteroatoms. The van der Waals surface area contributed by atoms with Crippen LogP contribution in [0, 0.1) is 5.82 Å². The maximum Gasteiger partial charge on any atom is 0.335 e. The highest BCUT2D eigenvalue weighted by Crippen LogP contribution is 2.33. The Labute approximate surface area is 157 Å². The second kappa shape index (κ2) is 7.02. The number of benzene rings is 2. The summed E-state index contributed by atoms with van der Waals surface area (Å²) in [5, 5.41) is 9.10. The maximum absolute atomic E-state index is 13.4. The fourth-order valence-corrected chi connectivity index (χ4v) is 4.12. The number of hydrogen-bond acceptors (Lipinski definition) is 3. The molecule has 0 atom stereocenters. The molecule has 0 radical (unpaired) electrons. The molecule has 4 rings (SSSR count). The number of halogens is 1. The van der Waals surface area contributed by atoms with Crippen LogP contribution >= 0.6 is 0 Å². The van der Waals surface area contributed by atoms with Crippen molar-refractivity contribution in [1.29, 1.82) is 0 Å². The molecule has 0 spiro atoms. The number of carboxylic acid groups (broad SMARTS) is 1. The van der Waals surface area contributed by atoms with Crippen LogP contribution in [0.2, 0.25) is 0 Å². The van der Waals surface area contributed by atoms with Crippen molar-refractivity contribution >= 4 is 17.6 Å². The number of carboxylic acids is 1. The molecule has 0 bridgehead atoms. The van der Waals surface area contributed by atoms with E-state index in [9.17, 15) is 14.0 Å². The Morgan fingerprint density at radius 2 is 1.74 bits per heavy atom. The second-order valence-electron chi connectivity index (χ2n) is 7.13. The predicted molar refractivity (Wildman–Crippen MR) is 99.8 cm³/mol. The number of amides is 1. The number of fused-ring (bicyclic) bond motifs is 1. The van der Waals surface area contributed by atoms with Crippen LogP contribution in [0.15, 0.2) is 42.5 Å². The van der Waals surface area contributed by atoms with E-state index >= 15 is 0 Å². The summed E-state index contributed by atoms with van der Waals surface area (Å²) in [6, 6.07) is 11.5. The monoisotopic (exact) mass is 368 g/mol. The molecule has 2 aliphatic heterocycles. The van der Waals surface area contributed by atoms with Crippen molar-refractivity contribution in [2.45, 2.75) is 25.3 Å². The molecule has 1 fully saturated rings. The Morgan fingerprint density at radius 3 is 2.48 bits per heavy atom. The number of likely N-dealkylation sites (tertiary alicyclic amines) is 1. The molecule has 1 amide bonds. The van der Waals surface area contributed by atoms with Crippen LogP contribution in [0.3, 0.4) is 0 Å². The summed E-state index contributed by atoms with van der Waals surface area (Å²) in [7, 11) is 0. The van der Waals surface area contributed by atoms with E-state index in [1.807, 2.05) is 6.07 Å². The quantitative estimate of drug-likeness (QED) is 0.904. The minimum Gasteiger partial charge on any atom is -0.478 e. The van der Waals surface area contributed by atoms with Gasteiger partial charge in [-0.1, -0.05) is 6.07 Å². The first-order valence-corrected chi connectivity index (χ1v) is 9.20. The zero-order valence-electron chi connectivity index (χ0n) is 14.9. The van der Waals surface area contributed by atoms with Gasteiger partial charge in [-0.25, -0.2) is 9.18 Å². The molecule has 2 aliphatic rings. The molecule has 27 heavy (non-hydrogen) atoms. The molecule has 2 aromatic rings. The van der Waals surface area contributed by atoms with Crippen molar-refractivity contribution in [3.05, 3.63) is 65.0 Å². The van der Waals surface area contributed by atoms with Crippen molar-refractivity contribution < 1.29 is 19.1 Å². The van der Waals surface area contributed by atoms with Gasteiger partial charge in [0, 0.05) is 36.9 Å². The lowest BCUT2D eigenvalue weighted by Gasteiger charge is -2.38. The Balaban J connectivity index is 1.42. The van der Waals surface area contributed by atoms with E-state index in [0.717, 1.165) is 37.1 Å². The van der Waals surface area contributed by atoms with Gasteiger partial charge in [-0.05, 0) is 61.2 Å². The molecular formula is C21H21FN2O3. The molecule has 2 aromatic carbocycles. The first-order valence-electron chi connectivity index (χ1n) is 9.20. The number of hydrogen-bond donors (Lipinski definition) is 1. The van der Waals surface area contributed by atoms with E-state index in [1.54, 1.807) is 23.1 Å². The van der Waals surface area contributed by atoms with Gasteiger partial charge in [0.1, 0.15) is 5.82 Å². The number of rotatable bonds is 3. The van der Waals surface area contributed by atoms with Crippen LogP contribution in [-0.2, 0) is 6.42 Å². The first kappa shape index (κ1) is 17.5. The average molecular weight is 368 g/mol. The van der Waals surface area contributed by atoms with E-state index < -0.39 is 5.97 Å². The Bertz CT molecular complexity index is 891. The molecule has 0 unspecified atom stereocenters. The molecular weight excluding hydrogens is 347 g/mol. The minimum atomic E-state index is -1.03. The van der Waals surface area contributed by atoms with E-state index in [-0.39, 0.29) is 17.3 Å². The van der Waals surface area contributed by atoms with Crippen molar-refractivity contribution in [3.63, 3.8) is 0 Å². The van der Waals surface area contributed by atoms with Crippen LogP contribution in [-0.4, -0.2) is 47.6 Å². The van der Waals surface area contributed by atoms with E-state index in [2.05, 4.69) is 4.90 Å². The Kier molecular flexibility index (Phi) is 4.56. The standard InChI is InChI=1S/C21H21FN2O3/c22-17-4-5-19-14(13-17)6-11-24(19)18-7-9-23(10-8-18)20(25)15-2-1-3-16(12-15)21(26)27/h1-5,12-13,18H,6-11H2,(H,26,27). The molecule has 0 saturated carbocycles. The molecule has 0 aromatic heterocycles. The highest BCUT2D eigenvalue weighted by molar-refractivity contribution is 5.97. The summed E-state index contributed by atoms with van der Waals surface area (Å²) in [5.41, 5.74) is 2.70. The van der Waals surface area contributed by atoms with Crippen LogP contribution in [0.1, 0.15) is 39.1 Å². The third kappa shape index (κ3) is 3.39. The zero-order chi connectivity index (χ0) is 19.0. The van der Waals surface area contributed by atoms with Crippen molar-refractivity contribution in [2.24, 2.45) is 0 Å². The Hall–Kier alpha value is -2.89. The molecule has 1 saturated heterocycles. The molecule has 2 heterocycles. The van der Waals surface area contributed by atoms with Crippen LogP contribution < -0.4 is 4.90 Å². The van der Waals surface area contributed by atoms with Gasteiger partial charge < -0.3 is 14.9 Å².